The lowest BCUT2D eigenvalue weighted by Gasteiger charge is -2.14. The standard InChI is InChI=1S/C21H23BrN2O4/c1-13-3-7-16(12-18(13)24-20(25)14-4-5-14)23-21(26)17-11-15(22)6-8-19(17)28-10-9-27-2/h3,6-8,11-12,14H,4-5,9-10H2,1-2H3,(H,23,26)(H,24,25). The molecule has 0 spiro atoms. The zero-order valence-electron chi connectivity index (χ0n) is 15.9. The maximum absolute atomic E-state index is 12.8. The number of amides is 2. The maximum Gasteiger partial charge on any atom is 0.259 e. The van der Waals surface area contributed by atoms with E-state index in [-0.39, 0.29) is 17.7 Å². The minimum atomic E-state index is -0.294. The lowest BCUT2D eigenvalue weighted by Crippen LogP contribution is -2.16. The van der Waals surface area contributed by atoms with Gasteiger partial charge in [-0.25, -0.2) is 0 Å². The van der Waals surface area contributed by atoms with Crippen LogP contribution in [0.4, 0.5) is 11.4 Å². The summed E-state index contributed by atoms with van der Waals surface area (Å²) in [5.74, 6) is 0.336. The monoisotopic (exact) mass is 446 g/mol. The van der Waals surface area contributed by atoms with Crippen LogP contribution in [-0.4, -0.2) is 32.1 Å². The Bertz CT molecular complexity index is 881. The fraction of sp³-hybridized carbons (Fsp3) is 0.333. The van der Waals surface area contributed by atoms with Crippen LogP contribution in [0.15, 0.2) is 40.9 Å². The molecule has 1 fully saturated rings. The number of nitrogens with one attached hydrogen (secondary N) is 2. The summed E-state index contributed by atoms with van der Waals surface area (Å²) in [4.78, 5) is 24.9. The highest BCUT2D eigenvalue weighted by Gasteiger charge is 2.29. The van der Waals surface area contributed by atoms with Gasteiger partial charge in [0.25, 0.3) is 5.91 Å². The van der Waals surface area contributed by atoms with Crippen LogP contribution in [0.25, 0.3) is 0 Å². The lowest BCUT2D eigenvalue weighted by atomic mass is 10.1. The summed E-state index contributed by atoms with van der Waals surface area (Å²) >= 11 is 3.39. The van der Waals surface area contributed by atoms with Crippen molar-refractivity contribution in [3.05, 3.63) is 52.0 Å². The molecule has 0 radical (unpaired) electrons. The van der Waals surface area contributed by atoms with Gasteiger partial charge in [-0.15, -0.1) is 0 Å². The van der Waals surface area contributed by atoms with Crippen molar-refractivity contribution in [1.82, 2.24) is 0 Å². The summed E-state index contributed by atoms with van der Waals surface area (Å²) < 4.78 is 11.4. The summed E-state index contributed by atoms with van der Waals surface area (Å²) in [6.45, 7) is 2.70. The van der Waals surface area contributed by atoms with Crippen molar-refractivity contribution in [3.63, 3.8) is 0 Å². The molecule has 1 aliphatic carbocycles. The third kappa shape index (κ3) is 5.33. The number of halogens is 1. The van der Waals surface area contributed by atoms with Crippen LogP contribution in [0.1, 0.15) is 28.8 Å². The number of carbonyl (C=O) groups excluding carboxylic acids is 2. The third-order valence-corrected chi connectivity index (χ3v) is 4.93. The molecule has 3 rings (SSSR count). The van der Waals surface area contributed by atoms with Gasteiger partial charge in [0.1, 0.15) is 12.4 Å². The predicted molar refractivity (Wildman–Crippen MR) is 112 cm³/mol. The van der Waals surface area contributed by atoms with Gasteiger partial charge in [-0.2, -0.15) is 0 Å². The van der Waals surface area contributed by atoms with Gasteiger partial charge in [-0.1, -0.05) is 22.0 Å². The van der Waals surface area contributed by atoms with Crippen LogP contribution in [0.3, 0.4) is 0 Å². The number of hydrogen-bond donors (Lipinski definition) is 2. The SMILES string of the molecule is COCCOc1ccc(Br)cc1C(=O)Nc1ccc(C)c(NC(=O)C2CC2)c1. The van der Waals surface area contributed by atoms with Gasteiger partial charge >= 0.3 is 0 Å². The molecule has 6 nitrogen and oxygen atoms in total. The van der Waals surface area contributed by atoms with Crippen LogP contribution in [0.2, 0.25) is 0 Å². The Hall–Kier alpha value is -2.38. The molecule has 148 valence electrons. The molecule has 28 heavy (non-hydrogen) atoms. The Morgan fingerprint density at radius 2 is 1.89 bits per heavy atom. The fourth-order valence-corrected chi connectivity index (χ4v) is 3.01. The van der Waals surface area contributed by atoms with Crippen molar-refractivity contribution in [2.45, 2.75) is 19.8 Å². The van der Waals surface area contributed by atoms with E-state index in [1.807, 2.05) is 25.1 Å². The summed E-state index contributed by atoms with van der Waals surface area (Å²) in [5.41, 5.74) is 2.66. The Morgan fingerprint density at radius 1 is 1.11 bits per heavy atom. The Kier molecular flexibility index (Phi) is 6.70. The Morgan fingerprint density at radius 3 is 2.61 bits per heavy atom. The highest BCUT2D eigenvalue weighted by molar-refractivity contribution is 9.10. The third-order valence-electron chi connectivity index (χ3n) is 4.43. The van der Waals surface area contributed by atoms with E-state index in [1.54, 1.807) is 25.3 Å². The van der Waals surface area contributed by atoms with Crippen molar-refractivity contribution in [2.24, 2.45) is 5.92 Å². The summed E-state index contributed by atoms with van der Waals surface area (Å²) in [7, 11) is 1.59. The summed E-state index contributed by atoms with van der Waals surface area (Å²) in [6, 6.07) is 10.7. The predicted octanol–water partition coefficient (Wildman–Crippen LogP) is 4.38. The van der Waals surface area contributed by atoms with E-state index >= 15 is 0 Å². The minimum Gasteiger partial charge on any atom is -0.490 e. The average molecular weight is 447 g/mol. The van der Waals surface area contributed by atoms with E-state index in [2.05, 4.69) is 26.6 Å². The largest absolute Gasteiger partial charge is 0.490 e. The first-order chi connectivity index (χ1) is 13.5. The number of aryl methyl sites for hydroxylation is 1. The van der Waals surface area contributed by atoms with Gasteiger partial charge in [0.05, 0.1) is 12.2 Å². The van der Waals surface area contributed by atoms with E-state index in [0.29, 0.717) is 35.9 Å². The maximum atomic E-state index is 12.8. The summed E-state index contributed by atoms with van der Waals surface area (Å²) in [6.07, 6.45) is 1.88. The molecule has 0 bridgehead atoms. The van der Waals surface area contributed by atoms with E-state index in [0.717, 1.165) is 22.9 Å². The van der Waals surface area contributed by atoms with Crippen LogP contribution in [0, 0.1) is 12.8 Å². The van der Waals surface area contributed by atoms with E-state index in [4.69, 9.17) is 9.47 Å². The minimum absolute atomic E-state index is 0.0346. The van der Waals surface area contributed by atoms with Gasteiger partial charge in [0, 0.05) is 28.9 Å². The van der Waals surface area contributed by atoms with Crippen LogP contribution in [-0.2, 0) is 9.53 Å². The molecule has 1 saturated carbocycles. The molecular formula is C21H23BrN2O4. The first kappa shape index (κ1) is 20.4. The van der Waals surface area contributed by atoms with E-state index in [1.165, 1.54) is 0 Å². The molecule has 0 atom stereocenters. The number of benzene rings is 2. The highest BCUT2D eigenvalue weighted by atomic mass is 79.9. The second-order valence-electron chi connectivity index (χ2n) is 6.73. The topological polar surface area (TPSA) is 76.7 Å². The van der Waals surface area contributed by atoms with Gasteiger partial charge in [-0.05, 0) is 55.7 Å². The molecule has 7 heteroatoms. The number of hydrogen-bond acceptors (Lipinski definition) is 4. The molecule has 1 aliphatic rings. The molecule has 0 aliphatic heterocycles. The van der Waals surface area contributed by atoms with Crippen LogP contribution < -0.4 is 15.4 Å². The zero-order chi connectivity index (χ0) is 20.1. The van der Waals surface area contributed by atoms with Crippen molar-refractivity contribution in [1.29, 1.82) is 0 Å². The summed E-state index contributed by atoms with van der Waals surface area (Å²) in [5, 5.41) is 5.82. The Balaban J connectivity index is 1.75. The fourth-order valence-electron chi connectivity index (χ4n) is 2.65. The molecule has 2 N–H and O–H groups in total. The number of carbonyl (C=O) groups is 2. The molecule has 2 aromatic rings. The number of ether oxygens (including phenoxy) is 2. The highest BCUT2D eigenvalue weighted by Crippen LogP contribution is 2.31. The second-order valence-corrected chi connectivity index (χ2v) is 7.64. The second kappa shape index (κ2) is 9.21. The van der Waals surface area contributed by atoms with Gasteiger partial charge in [0.2, 0.25) is 5.91 Å². The van der Waals surface area contributed by atoms with Crippen molar-refractivity contribution in [2.75, 3.05) is 31.0 Å². The number of rotatable bonds is 8. The normalized spacial score (nSPS) is 13.1. The molecular weight excluding hydrogens is 424 g/mol. The lowest BCUT2D eigenvalue weighted by molar-refractivity contribution is -0.117. The van der Waals surface area contributed by atoms with E-state index < -0.39 is 0 Å². The molecule has 2 aromatic carbocycles. The number of anilines is 2. The Labute approximate surface area is 172 Å². The van der Waals surface area contributed by atoms with Crippen molar-refractivity contribution < 1.29 is 19.1 Å². The van der Waals surface area contributed by atoms with Gasteiger partial charge < -0.3 is 20.1 Å². The van der Waals surface area contributed by atoms with E-state index in [9.17, 15) is 9.59 Å². The molecule has 0 saturated heterocycles. The zero-order valence-corrected chi connectivity index (χ0v) is 17.5. The first-order valence-electron chi connectivity index (χ1n) is 9.12. The quantitative estimate of drug-likeness (QED) is 0.589. The van der Waals surface area contributed by atoms with Gasteiger partial charge in [-0.3, -0.25) is 9.59 Å². The number of methoxy groups -OCH3 is 1. The van der Waals surface area contributed by atoms with Crippen molar-refractivity contribution in [3.8, 4) is 5.75 Å². The van der Waals surface area contributed by atoms with Crippen LogP contribution in [0.5, 0.6) is 5.75 Å². The molecule has 0 aromatic heterocycles. The molecule has 0 unspecified atom stereocenters. The van der Waals surface area contributed by atoms with Gasteiger partial charge in [0.15, 0.2) is 0 Å². The smallest absolute Gasteiger partial charge is 0.259 e. The average Bonchev–Trinajstić information content (AvgIpc) is 3.51. The molecule has 2 amide bonds. The molecule has 0 heterocycles. The first-order valence-corrected chi connectivity index (χ1v) is 9.91. The van der Waals surface area contributed by atoms with Crippen LogP contribution >= 0.6 is 15.9 Å². The van der Waals surface area contributed by atoms with Crippen molar-refractivity contribution >= 4 is 39.1 Å².